The predicted octanol–water partition coefficient (Wildman–Crippen LogP) is 4.84. The number of nitrogens with zero attached hydrogens (tertiary/aromatic N) is 3. The SMILES string of the molecule is Cc1cnc(Nc2ccc(C3CCN(C)CC3)cc2OC(F)F)nc1Nc1ccsc1C(N)=O. The molecule has 0 bridgehead atoms. The molecule has 1 aromatic carbocycles. The van der Waals surface area contributed by atoms with Crippen LogP contribution in [0, 0.1) is 6.92 Å². The first-order valence-electron chi connectivity index (χ1n) is 10.8. The second-order valence-electron chi connectivity index (χ2n) is 8.21. The molecule has 11 heteroatoms. The molecular formula is C23H26F2N6O2S. The van der Waals surface area contributed by atoms with E-state index in [9.17, 15) is 13.6 Å². The van der Waals surface area contributed by atoms with Gasteiger partial charge < -0.3 is 26.0 Å². The van der Waals surface area contributed by atoms with Crippen LogP contribution in [0.2, 0.25) is 0 Å². The van der Waals surface area contributed by atoms with Gasteiger partial charge in [-0.2, -0.15) is 13.8 Å². The Balaban J connectivity index is 1.58. The van der Waals surface area contributed by atoms with Crippen LogP contribution in [0.1, 0.15) is 39.6 Å². The van der Waals surface area contributed by atoms with Gasteiger partial charge in [0.25, 0.3) is 5.91 Å². The fourth-order valence-electron chi connectivity index (χ4n) is 3.91. The zero-order valence-electron chi connectivity index (χ0n) is 18.8. The number of rotatable bonds is 8. The number of primary amides is 1. The minimum absolute atomic E-state index is 0.0407. The minimum atomic E-state index is -2.96. The van der Waals surface area contributed by atoms with Crippen molar-refractivity contribution in [3.05, 3.63) is 51.8 Å². The molecule has 0 radical (unpaired) electrons. The van der Waals surface area contributed by atoms with Crippen LogP contribution >= 0.6 is 11.3 Å². The highest BCUT2D eigenvalue weighted by Crippen LogP contribution is 2.36. The third kappa shape index (κ3) is 5.60. The fraction of sp³-hybridized carbons (Fsp3) is 0.348. The molecule has 3 aromatic rings. The molecule has 1 aliphatic heterocycles. The maximum atomic E-state index is 13.2. The van der Waals surface area contributed by atoms with Crippen molar-refractivity contribution in [2.45, 2.75) is 32.3 Å². The van der Waals surface area contributed by atoms with Gasteiger partial charge in [0, 0.05) is 11.8 Å². The molecule has 0 aliphatic carbocycles. The number of carbonyl (C=O) groups excluding carboxylic acids is 1. The van der Waals surface area contributed by atoms with E-state index in [0.29, 0.717) is 28.0 Å². The van der Waals surface area contributed by atoms with Crippen molar-refractivity contribution in [3.63, 3.8) is 0 Å². The summed E-state index contributed by atoms with van der Waals surface area (Å²) in [6, 6.07) is 7.04. The van der Waals surface area contributed by atoms with Crippen molar-refractivity contribution in [1.82, 2.24) is 14.9 Å². The highest BCUT2D eigenvalue weighted by molar-refractivity contribution is 7.12. The third-order valence-corrected chi connectivity index (χ3v) is 6.70. The van der Waals surface area contributed by atoms with Crippen molar-refractivity contribution in [2.75, 3.05) is 30.8 Å². The largest absolute Gasteiger partial charge is 0.433 e. The number of halogens is 2. The van der Waals surface area contributed by atoms with Crippen molar-refractivity contribution in [3.8, 4) is 5.75 Å². The Hall–Kier alpha value is -3.31. The maximum Gasteiger partial charge on any atom is 0.387 e. The topological polar surface area (TPSA) is 105 Å². The maximum absolute atomic E-state index is 13.2. The van der Waals surface area contributed by atoms with E-state index in [1.165, 1.54) is 11.3 Å². The summed E-state index contributed by atoms with van der Waals surface area (Å²) in [6.07, 6.45) is 3.52. The Bertz CT molecular complexity index is 1160. The Morgan fingerprint density at radius 1 is 1.24 bits per heavy atom. The smallest absolute Gasteiger partial charge is 0.387 e. The van der Waals surface area contributed by atoms with Crippen LogP contribution in [0.4, 0.5) is 31.9 Å². The summed E-state index contributed by atoms with van der Waals surface area (Å²) in [5.41, 5.74) is 7.99. The van der Waals surface area contributed by atoms with Crippen LogP contribution < -0.4 is 21.1 Å². The molecule has 1 saturated heterocycles. The summed E-state index contributed by atoms with van der Waals surface area (Å²) in [5.74, 6) is 0.439. The summed E-state index contributed by atoms with van der Waals surface area (Å²) >= 11 is 1.22. The average molecular weight is 489 g/mol. The van der Waals surface area contributed by atoms with Gasteiger partial charge in [-0.1, -0.05) is 6.07 Å². The van der Waals surface area contributed by atoms with Crippen LogP contribution in [0.25, 0.3) is 0 Å². The van der Waals surface area contributed by atoms with Crippen molar-refractivity contribution in [2.24, 2.45) is 5.73 Å². The number of ether oxygens (including phenoxy) is 1. The Morgan fingerprint density at radius 3 is 2.71 bits per heavy atom. The lowest BCUT2D eigenvalue weighted by molar-refractivity contribution is -0.0494. The minimum Gasteiger partial charge on any atom is -0.433 e. The number of nitrogens with two attached hydrogens (primary N) is 1. The molecule has 4 N–H and O–H groups in total. The quantitative estimate of drug-likeness (QED) is 0.417. The molecule has 1 amide bonds. The van der Waals surface area contributed by atoms with Gasteiger partial charge in [-0.05, 0) is 75.0 Å². The van der Waals surface area contributed by atoms with Crippen molar-refractivity contribution in [1.29, 1.82) is 0 Å². The van der Waals surface area contributed by atoms with E-state index < -0.39 is 12.5 Å². The summed E-state index contributed by atoms with van der Waals surface area (Å²) < 4.78 is 31.1. The van der Waals surface area contributed by atoms with Gasteiger partial charge in [0.1, 0.15) is 16.4 Å². The molecule has 0 spiro atoms. The third-order valence-electron chi connectivity index (χ3n) is 5.77. The number of anilines is 4. The van der Waals surface area contributed by atoms with Gasteiger partial charge in [0.05, 0.1) is 11.4 Å². The lowest BCUT2D eigenvalue weighted by atomic mass is 9.89. The monoisotopic (exact) mass is 488 g/mol. The van der Waals surface area contributed by atoms with E-state index in [-0.39, 0.29) is 11.7 Å². The molecule has 4 rings (SSSR count). The Morgan fingerprint density at radius 2 is 2.00 bits per heavy atom. The highest BCUT2D eigenvalue weighted by Gasteiger charge is 2.21. The Labute approximate surface area is 200 Å². The zero-order valence-corrected chi connectivity index (χ0v) is 19.7. The molecule has 180 valence electrons. The van der Waals surface area contributed by atoms with Crippen molar-refractivity contribution >= 4 is 40.4 Å². The summed E-state index contributed by atoms with van der Waals surface area (Å²) in [7, 11) is 2.08. The number of nitrogens with one attached hydrogen (secondary N) is 2. The number of thiophene rings is 1. The fourth-order valence-corrected chi connectivity index (χ4v) is 4.61. The number of aromatic nitrogens is 2. The predicted molar refractivity (Wildman–Crippen MR) is 129 cm³/mol. The number of carbonyl (C=O) groups is 1. The molecule has 8 nitrogen and oxygen atoms in total. The molecule has 0 atom stereocenters. The van der Waals surface area contributed by atoms with Gasteiger partial charge in [0.2, 0.25) is 5.95 Å². The van der Waals surface area contributed by atoms with Gasteiger partial charge in [-0.15, -0.1) is 11.3 Å². The van der Waals surface area contributed by atoms with Crippen LogP contribution in [0.3, 0.4) is 0 Å². The standard InChI is InChI=1S/C23H26F2N6O2S/c1-13-12-27-23(30-21(13)28-17-7-10-34-19(17)20(26)32)29-16-4-3-15(11-18(16)33-22(24)25)14-5-8-31(2)9-6-14/h3-4,7,10-12,14,22H,5-6,8-9H2,1-2H3,(H2,26,32)(H2,27,28,29,30). The van der Waals surface area contributed by atoms with Gasteiger partial charge in [-0.25, -0.2) is 4.98 Å². The number of amides is 1. The molecule has 34 heavy (non-hydrogen) atoms. The molecule has 2 aromatic heterocycles. The summed E-state index contributed by atoms with van der Waals surface area (Å²) in [4.78, 5) is 23.0. The van der Waals surface area contributed by atoms with E-state index >= 15 is 0 Å². The average Bonchev–Trinajstić information content (AvgIpc) is 3.26. The number of hydrogen-bond acceptors (Lipinski definition) is 8. The van der Waals surface area contributed by atoms with Gasteiger partial charge in [-0.3, -0.25) is 4.79 Å². The number of benzene rings is 1. The molecule has 1 fully saturated rings. The summed E-state index contributed by atoms with van der Waals surface area (Å²) in [5, 5.41) is 7.82. The van der Waals surface area contributed by atoms with E-state index in [4.69, 9.17) is 10.5 Å². The zero-order chi connectivity index (χ0) is 24.2. The lowest BCUT2D eigenvalue weighted by Crippen LogP contribution is -2.29. The van der Waals surface area contributed by atoms with E-state index in [1.807, 2.05) is 13.0 Å². The number of likely N-dealkylation sites (tertiary alicyclic amines) is 1. The molecule has 3 heterocycles. The van der Waals surface area contributed by atoms with Gasteiger partial charge in [0.15, 0.2) is 0 Å². The number of alkyl halides is 2. The first-order chi connectivity index (χ1) is 16.3. The normalized spacial score (nSPS) is 14.9. The van der Waals surface area contributed by atoms with Gasteiger partial charge >= 0.3 is 6.61 Å². The van der Waals surface area contributed by atoms with E-state index in [0.717, 1.165) is 37.1 Å². The summed E-state index contributed by atoms with van der Waals surface area (Å²) in [6.45, 7) is 0.772. The van der Waals surface area contributed by atoms with E-state index in [1.54, 1.807) is 29.8 Å². The highest BCUT2D eigenvalue weighted by atomic mass is 32.1. The number of hydrogen-bond donors (Lipinski definition) is 3. The van der Waals surface area contributed by atoms with Crippen LogP contribution in [0.15, 0.2) is 35.8 Å². The lowest BCUT2D eigenvalue weighted by Gasteiger charge is -2.29. The number of piperidine rings is 1. The van der Waals surface area contributed by atoms with E-state index in [2.05, 4.69) is 32.5 Å². The first kappa shape index (κ1) is 23.8. The Kier molecular flexibility index (Phi) is 7.23. The molecule has 0 saturated carbocycles. The molecule has 0 unspecified atom stereocenters. The van der Waals surface area contributed by atoms with Crippen LogP contribution in [-0.4, -0.2) is 47.5 Å². The van der Waals surface area contributed by atoms with Crippen molar-refractivity contribution < 1.29 is 18.3 Å². The molecule has 1 aliphatic rings. The number of aryl methyl sites for hydroxylation is 1. The first-order valence-corrected chi connectivity index (χ1v) is 11.7. The van der Waals surface area contributed by atoms with Crippen LogP contribution in [0.5, 0.6) is 5.75 Å². The second kappa shape index (κ2) is 10.3. The second-order valence-corrected chi connectivity index (χ2v) is 9.13. The van der Waals surface area contributed by atoms with Crippen LogP contribution in [-0.2, 0) is 0 Å². The molecular weight excluding hydrogens is 462 g/mol.